The predicted octanol–water partition coefficient (Wildman–Crippen LogP) is 7.76. The summed E-state index contributed by atoms with van der Waals surface area (Å²) in [6.07, 6.45) is 2.95. The molecule has 4 heteroatoms. The minimum atomic E-state index is 0.126. The van der Waals surface area contributed by atoms with E-state index in [1.807, 2.05) is 6.20 Å². The van der Waals surface area contributed by atoms with E-state index >= 15 is 0 Å². The Morgan fingerprint density at radius 3 is 2.03 bits per heavy atom. The number of fused-ring (bicyclic) bond motifs is 6. The summed E-state index contributed by atoms with van der Waals surface area (Å²) in [5, 5.41) is 2.39. The molecule has 176 valence electrons. The third kappa shape index (κ3) is 3.79. The largest absolute Gasteiger partial charge is 0.326 e. The number of hydrogen-bond donors (Lipinski definition) is 0. The van der Waals surface area contributed by atoms with Crippen LogP contribution in [0.4, 0.5) is 0 Å². The number of pyridine rings is 1. The Hall–Kier alpha value is -3.14. The monoisotopic (exact) mass is 452 g/mol. The topological polar surface area (TPSA) is 35.1 Å². The van der Waals surface area contributed by atoms with E-state index < -0.39 is 0 Å². The molecule has 0 aliphatic heterocycles. The Kier molecular flexibility index (Phi) is 5.12. The lowest BCUT2D eigenvalue weighted by Gasteiger charge is -2.24. The van der Waals surface area contributed by atoms with E-state index in [1.165, 1.54) is 33.0 Å². The molecule has 0 aliphatic rings. The standard InChI is InChI=1S/C30H36N4/c1-19-12-11-13-20(2)25(19)23-17-31-27-22-15-10-9-14-21(22)26-28(34(23)27)32-24(16-29(3,4)5)33(26)18-30(6,7)8/h9-15,17H,16,18H2,1-8H3. The first kappa shape index (κ1) is 22.6. The summed E-state index contributed by atoms with van der Waals surface area (Å²) in [5.74, 6) is 1.15. The van der Waals surface area contributed by atoms with Gasteiger partial charge in [-0.2, -0.15) is 0 Å². The van der Waals surface area contributed by atoms with Crippen LogP contribution >= 0.6 is 0 Å². The fourth-order valence-electron chi connectivity index (χ4n) is 5.20. The first-order chi connectivity index (χ1) is 15.9. The van der Waals surface area contributed by atoms with Crippen LogP contribution in [-0.2, 0) is 13.0 Å². The molecule has 0 unspecified atom stereocenters. The van der Waals surface area contributed by atoms with Crippen LogP contribution in [0.25, 0.3) is 38.8 Å². The van der Waals surface area contributed by atoms with E-state index in [0.29, 0.717) is 0 Å². The van der Waals surface area contributed by atoms with Crippen molar-refractivity contribution in [2.24, 2.45) is 10.8 Å². The van der Waals surface area contributed by atoms with Gasteiger partial charge < -0.3 is 4.57 Å². The predicted molar refractivity (Wildman–Crippen MR) is 144 cm³/mol. The summed E-state index contributed by atoms with van der Waals surface area (Å²) in [4.78, 5) is 10.3. The Bertz CT molecular complexity index is 1510. The number of nitrogens with zero attached hydrogens (tertiary/aromatic N) is 4. The van der Waals surface area contributed by atoms with Crippen molar-refractivity contribution in [3.63, 3.8) is 0 Å². The maximum atomic E-state index is 5.36. The lowest BCUT2D eigenvalue weighted by molar-refractivity contribution is 0.328. The molecule has 0 saturated heterocycles. The molecule has 5 rings (SSSR count). The molecule has 5 aromatic rings. The second-order valence-corrected chi connectivity index (χ2v) is 12.2. The molecular formula is C30H36N4. The molecule has 34 heavy (non-hydrogen) atoms. The molecule has 0 atom stereocenters. The van der Waals surface area contributed by atoms with Crippen molar-refractivity contribution in [3.05, 3.63) is 65.6 Å². The van der Waals surface area contributed by atoms with Crippen molar-refractivity contribution in [3.8, 4) is 11.3 Å². The quantitative estimate of drug-likeness (QED) is 0.280. The van der Waals surface area contributed by atoms with Gasteiger partial charge in [0, 0.05) is 29.3 Å². The van der Waals surface area contributed by atoms with E-state index in [0.717, 1.165) is 35.8 Å². The molecule has 0 radical (unpaired) electrons. The van der Waals surface area contributed by atoms with Gasteiger partial charge in [0.2, 0.25) is 0 Å². The highest BCUT2D eigenvalue weighted by molar-refractivity contribution is 6.10. The number of imidazole rings is 2. The second-order valence-electron chi connectivity index (χ2n) is 12.2. The fraction of sp³-hybridized carbons (Fsp3) is 0.400. The zero-order valence-corrected chi connectivity index (χ0v) is 21.8. The van der Waals surface area contributed by atoms with Gasteiger partial charge in [0.25, 0.3) is 0 Å². The SMILES string of the molecule is Cc1cccc(C)c1-c1cnc2c3ccccc3c3c(nc(CC(C)(C)C)n3CC(C)(C)C)n12. The average molecular weight is 453 g/mol. The molecule has 2 aromatic carbocycles. The van der Waals surface area contributed by atoms with Gasteiger partial charge in [0.05, 0.1) is 17.4 Å². The molecule has 0 N–H and O–H groups in total. The van der Waals surface area contributed by atoms with Crippen molar-refractivity contribution in [1.82, 2.24) is 18.9 Å². The third-order valence-electron chi connectivity index (χ3n) is 6.48. The maximum Gasteiger partial charge on any atom is 0.165 e. The molecule has 0 fully saturated rings. The molecule has 0 amide bonds. The number of benzene rings is 2. The van der Waals surface area contributed by atoms with Crippen LogP contribution in [0.15, 0.2) is 48.7 Å². The zero-order chi connectivity index (χ0) is 24.4. The van der Waals surface area contributed by atoms with Crippen molar-refractivity contribution in [2.45, 2.75) is 68.4 Å². The van der Waals surface area contributed by atoms with E-state index in [1.54, 1.807) is 0 Å². The van der Waals surface area contributed by atoms with Crippen LogP contribution in [0.5, 0.6) is 0 Å². The molecule has 3 aromatic heterocycles. The van der Waals surface area contributed by atoms with Crippen LogP contribution in [0, 0.1) is 24.7 Å². The summed E-state index contributed by atoms with van der Waals surface area (Å²) < 4.78 is 4.79. The van der Waals surface area contributed by atoms with Gasteiger partial charge in [0.15, 0.2) is 5.65 Å². The first-order valence-electron chi connectivity index (χ1n) is 12.3. The summed E-state index contributed by atoms with van der Waals surface area (Å²) in [7, 11) is 0. The molecule has 3 heterocycles. The summed E-state index contributed by atoms with van der Waals surface area (Å²) in [5.41, 5.74) is 8.33. The second kappa shape index (κ2) is 7.69. The van der Waals surface area contributed by atoms with Crippen molar-refractivity contribution in [1.29, 1.82) is 0 Å². The number of rotatable bonds is 3. The summed E-state index contributed by atoms with van der Waals surface area (Å²) >= 11 is 0. The van der Waals surface area contributed by atoms with Crippen LogP contribution < -0.4 is 0 Å². The molecule has 0 bridgehead atoms. The number of aromatic nitrogens is 4. The minimum absolute atomic E-state index is 0.126. The zero-order valence-electron chi connectivity index (χ0n) is 21.8. The van der Waals surface area contributed by atoms with Gasteiger partial charge in [-0.15, -0.1) is 0 Å². The molecule has 0 spiro atoms. The summed E-state index contributed by atoms with van der Waals surface area (Å²) in [6.45, 7) is 19.1. The van der Waals surface area contributed by atoms with Gasteiger partial charge >= 0.3 is 0 Å². The van der Waals surface area contributed by atoms with Crippen molar-refractivity contribution < 1.29 is 0 Å². The molecule has 4 nitrogen and oxygen atoms in total. The van der Waals surface area contributed by atoms with E-state index in [9.17, 15) is 0 Å². The fourth-order valence-corrected chi connectivity index (χ4v) is 5.20. The maximum absolute atomic E-state index is 5.36. The number of aryl methyl sites for hydroxylation is 2. The van der Waals surface area contributed by atoms with Crippen LogP contribution in [0.1, 0.15) is 58.5 Å². The molecule has 0 aliphatic carbocycles. The Morgan fingerprint density at radius 1 is 0.765 bits per heavy atom. The van der Waals surface area contributed by atoms with E-state index in [2.05, 4.69) is 107 Å². The molecule has 0 saturated carbocycles. The first-order valence-corrected chi connectivity index (χ1v) is 12.3. The van der Waals surface area contributed by atoms with Gasteiger partial charge in [-0.25, -0.2) is 9.97 Å². The Morgan fingerprint density at radius 2 is 1.41 bits per heavy atom. The Balaban J connectivity index is 1.98. The Labute approximate surface area is 202 Å². The van der Waals surface area contributed by atoms with Crippen LogP contribution in [0.2, 0.25) is 0 Å². The lowest BCUT2D eigenvalue weighted by atomic mass is 9.91. The van der Waals surface area contributed by atoms with Gasteiger partial charge in [0.1, 0.15) is 11.5 Å². The lowest BCUT2D eigenvalue weighted by Crippen LogP contribution is -2.20. The van der Waals surface area contributed by atoms with Crippen molar-refractivity contribution >= 4 is 27.6 Å². The molecular weight excluding hydrogens is 416 g/mol. The smallest absolute Gasteiger partial charge is 0.165 e. The van der Waals surface area contributed by atoms with Crippen molar-refractivity contribution in [2.75, 3.05) is 0 Å². The number of hydrogen-bond acceptors (Lipinski definition) is 2. The van der Waals surface area contributed by atoms with E-state index in [-0.39, 0.29) is 10.8 Å². The van der Waals surface area contributed by atoms with Crippen LogP contribution in [-0.4, -0.2) is 18.9 Å². The van der Waals surface area contributed by atoms with Gasteiger partial charge in [-0.05, 0) is 35.8 Å². The van der Waals surface area contributed by atoms with E-state index in [4.69, 9.17) is 9.97 Å². The summed E-state index contributed by atoms with van der Waals surface area (Å²) in [6, 6.07) is 15.2. The highest BCUT2D eigenvalue weighted by atomic mass is 15.2. The van der Waals surface area contributed by atoms with Crippen LogP contribution in [0.3, 0.4) is 0 Å². The highest BCUT2D eigenvalue weighted by Gasteiger charge is 2.26. The van der Waals surface area contributed by atoms with Gasteiger partial charge in [-0.1, -0.05) is 84.0 Å². The minimum Gasteiger partial charge on any atom is -0.326 e. The normalized spacial score (nSPS) is 12.9. The highest BCUT2D eigenvalue weighted by Crippen LogP contribution is 2.37. The average Bonchev–Trinajstić information content (AvgIpc) is 3.28. The third-order valence-corrected chi connectivity index (χ3v) is 6.48. The van der Waals surface area contributed by atoms with Gasteiger partial charge in [-0.3, -0.25) is 4.40 Å².